The first-order valence-electron chi connectivity index (χ1n) is 4.93. The highest BCUT2D eigenvalue weighted by Gasteiger charge is 2.52. The van der Waals surface area contributed by atoms with Crippen molar-refractivity contribution >= 4 is 18.7 Å². The van der Waals surface area contributed by atoms with Gasteiger partial charge >= 0.3 is 7.12 Å². The number of allylic oxidation sites excluding steroid dienone is 2. The van der Waals surface area contributed by atoms with Gasteiger partial charge < -0.3 is 9.31 Å². The van der Waals surface area contributed by atoms with Crippen LogP contribution in [0.25, 0.3) is 0 Å². The molecule has 1 atom stereocenters. The average molecular weight is 217 g/mol. The largest absolute Gasteiger partial charge is 0.481 e. The highest BCUT2D eigenvalue weighted by molar-refractivity contribution is 6.60. The van der Waals surface area contributed by atoms with E-state index in [0.29, 0.717) is 0 Å². The molecule has 1 heterocycles. The summed E-state index contributed by atoms with van der Waals surface area (Å²) in [4.78, 5) is 0. The highest BCUT2D eigenvalue weighted by atomic mass is 35.5. The van der Waals surface area contributed by atoms with Crippen LogP contribution in [0.5, 0.6) is 0 Å². The maximum absolute atomic E-state index is 6.10. The maximum Gasteiger partial charge on any atom is 0.481 e. The fourth-order valence-electron chi connectivity index (χ4n) is 1.29. The van der Waals surface area contributed by atoms with Gasteiger partial charge in [0.15, 0.2) is 0 Å². The number of alkyl halides is 1. The van der Waals surface area contributed by atoms with Crippen molar-refractivity contribution in [1.29, 1.82) is 0 Å². The Labute approximate surface area is 91.8 Å². The quantitative estimate of drug-likeness (QED) is 0.401. The first-order valence-corrected chi connectivity index (χ1v) is 5.36. The predicted molar refractivity (Wildman–Crippen MR) is 60.5 cm³/mol. The standard InChI is InChI=1S/C10H18BClO2/c1-6-7-8(12)11-13-9(2,3)10(4,5)14-11/h6-8H,1-5H3/b7-6+/t8-/m0/s1. The number of hydrogen-bond acceptors (Lipinski definition) is 2. The van der Waals surface area contributed by atoms with Crippen LogP contribution < -0.4 is 0 Å². The maximum atomic E-state index is 6.10. The molecule has 1 saturated heterocycles. The normalized spacial score (nSPS) is 27.1. The molecule has 4 heteroatoms. The molecular formula is C10H18BClO2. The lowest BCUT2D eigenvalue weighted by atomic mass is 9.84. The summed E-state index contributed by atoms with van der Waals surface area (Å²) < 4.78 is 11.5. The van der Waals surface area contributed by atoms with Crippen LogP contribution in [0.15, 0.2) is 12.2 Å². The summed E-state index contributed by atoms with van der Waals surface area (Å²) in [6.07, 6.45) is 3.78. The second kappa shape index (κ2) is 3.88. The van der Waals surface area contributed by atoms with Crippen LogP contribution in [0.4, 0.5) is 0 Å². The van der Waals surface area contributed by atoms with E-state index in [9.17, 15) is 0 Å². The van der Waals surface area contributed by atoms with E-state index in [-0.39, 0.29) is 23.6 Å². The van der Waals surface area contributed by atoms with Gasteiger partial charge in [0, 0.05) is 0 Å². The van der Waals surface area contributed by atoms with Crippen molar-refractivity contribution in [3.8, 4) is 0 Å². The Morgan fingerprint density at radius 2 is 1.57 bits per heavy atom. The molecule has 0 aromatic rings. The van der Waals surface area contributed by atoms with Crippen molar-refractivity contribution in [3.05, 3.63) is 12.2 Å². The van der Waals surface area contributed by atoms with E-state index in [4.69, 9.17) is 20.9 Å². The van der Waals surface area contributed by atoms with Gasteiger partial charge in [-0.15, -0.1) is 11.6 Å². The molecule has 0 aliphatic carbocycles. The molecule has 0 unspecified atom stereocenters. The molecule has 0 bridgehead atoms. The lowest BCUT2D eigenvalue weighted by Gasteiger charge is -2.32. The smallest absolute Gasteiger partial charge is 0.402 e. The van der Waals surface area contributed by atoms with Crippen LogP contribution in [-0.2, 0) is 9.31 Å². The number of rotatable bonds is 2. The van der Waals surface area contributed by atoms with E-state index in [1.165, 1.54) is 0 Å². The van der Waals surface area contributed by atoms with Crippen molar-refractivity contribution in [3.63, 3.8) is 0 Å². The Bertz CT molecular complexity index is 222. The first-order chi connectivity index (χ1) is 6.30. The fourth-order valence-corrected chi connectivity index (χ4v) is 1.54. The minimum absolute atomic E-state index is 0.221. The van der Waals surface area contributed by atoms with Gasteiger partial charge in [0.2, 0.25) is 0 Å². The third kappa shape index (κ3) is 2.15. The van der Waals surface area contributed by atoms with Gasteiger partial charge in [0.25, 0.3) is 0 Å². The second-order valence-electron chi connectivity index (χ2n) is 4.59. The molecule has 1 aliphatic rings. The molecule has 14 heavy (non-hydrogen) atoms. The molecule has 0 aromatic heterocycles. The molecule has 0 radical (unpaired) electrons. The number of hydrogen-bond donors (Lipinski definition) is 0. The first kappa shape index (κ1) is 12.1. The van der Waals surface area contributed by atoms with Crippen molar-refractivity contribution in [2.75, 3.05) is 0 Å². The molecule has 2 nitrogen and oxygen atoms in total. The summed E-state index contributed by atoms with van der Waals surface area (Å²) in [5.41, 5.74) is -0.598. The van der Waals surface area contributed by atoms with Gasteiger partial charge in [-0.3, -0.25) is 0 Å². The molecule has 0 aromatic carbocycles. The van der Waals surface area contributed by atoms with Crippen LogP contribution >= 0.6 is 11.6 Å². The van der Waals surface area contributed by atoms with Crippen LogP contribution in [-0.4, -0.2) is 23.6 Å². The molecule has 0 spiro atoms. The van der Waals surface area contributed by atoms with Crippen molar-refractivity contribution in [2.24, 2.45) is 0 Å². The molecule has 0 amide bonds. The van der Waals surface area contributed by atoms with Crippen molar-refractivity contribution in [2.45, 2.75) is 51.1 Å². The zero-order valence-electron chi connectivity index (χ0n) is 9.50. The van der Waals surface area contributed by atoms with Gasteiger partial charge in [-0.1, -0.05) is 12.2 Å². The summed E-state index contributed by atoms with van der Waals surface area (Å²) in [5.74, 6) is 0. The van der Waals surface area contributed by atoms with Crippen LogP contribution in [0.3, 0.4) is 0 Å². The molecule has 1 fully saturated rings. The molecule has 1 rings (SSSR count). The monoisotopic (exact) mass is 216 g/mol. The Morgan fingerprint density at radius 3 is 1.93 bits per heavy atom. The summed E-state index contributed by atoms with van der Waals surface area (Å²) >= 11 is 6.10. The predicted octanol–water partition coefficient (Wildman–Crippen LogP) is 2.80. The average Bonchev–Trinajstić information content (AvgIpc) is 2.22. The fraction of sp³-hybridized carbons (Fsp3) is 0.800. The summed E-state index contributed by atoms with van der Waals surface area (Å²) in [6.45, 7) is 10.0. The van der Waals surface area contributed by atoms with Crippen LogP contribution in [0.2, 0.25) is 0 Å². The Hall–Kier alpha value is 0.0149. The van der Waals surface area contributed by atoms with E-state index in [1.807, 2.05) is 46.8 Å². The topological polar surface area (TPSA) is 18.5 Å². The highest BCUT2D eigenvalue weighted by Crippen LogP contribution is 2.38. The molecule has 1 aliphatic heterocycles. The summed E-state index contributed by atoms with van der Waals surface area (Å²) in [5, 5.41) is -0.221. The summed E-state index contributed by atoms with van der Waals surface area (Å²) in [7, 11) is -0.349. The van der Waals surface area contributed by atoms with E-state index >= 15 is 0 Å². The van der Waals surface area contributed by atoms with Gasteiger partial charge in [0.1, 0.15) is 0 Å². The van der Waals surface area contributed by atoms with Gasteiger partial charge in [-0.25, -0.2) is 0 Å². The van der Waals surface area contributed by atoms with Crippen LogP contribution in [0, 0.1) is 0 Å². The number of halogens is 1. The third-order valence-corrected chi connectivity index (χ3v) is 3.26. The Balaban J connectivity index is 2.72. The minimum Gasteiger partial charge on any atom is -0.402 e. The van der Waals surface area contributed by atoms with Crippen LogP contribution in [0.1, 0.15) is 34.6 Å². The Kier molecular flexibility index (Phi) is 3.35. The van der Waals surface area contributed by atoms with Crippen molar-refractivity contribution < 1.29 is 9.31 Å². The molecule has 0 N–H and O–H groups in total. The van der Waals surface area contributed by atoms with E-state index in [0.717, 1.165) is 0 Å². The minimum atomic E-state index is -0.349. The van der Waals surface area contributed by atoms with Crippen molar-refractivity contribution in [1.82, 2.24) is 0 Å². The Morgan fingerprint density at radius 1 is 1.14 bits per heavy atom. The van der Waals surface area contributed by atoms with E-state index in [1.54, 1.807) is 0 Å². The second-order valence-corrected chi connectivity index (χ2v) is 5.10. The van der Waals surface area contributed by atoms with Gasteiger partial charge in [0.05, 0.1) is 16.5 Å². The van der Waals surface area contributed by atoms with E-state index in [2.05, 4.69) is 0 Å². The molecule has 80 valence electrons. The van der Waals surface area contributed by atoms with Gasteiger partial charge in [-0.05, 0) is 34.6 Å². The van der Waals surface area contributed by atoms with E-state index < -0.39 is 0 Å². The SMILES string of the molecule is C/C=C/[C@H](Cl)B1OC(C)(C)C(C)(C)O1. The summed E-state index contributed by atoms with van der Waals surface area (Å²) in [6, 6.07) is 0. The zero-order chi connectivity index (χ0) is 11.0. The van der Waals surface area contributed by atoms with Gasteiger partial charge in [-0.2, -0.15) is 0 Å². The lowest BCUT2D eigenvalue weighted by molar-refractivity contribution is 0.00578. The lowest BCUT2D eigenvalue weighted by Crippen LogP contribution is -2.41. The zero-order valence-corrected chi connectivity index (χ0v) is 10.3. The molecule has 0 saturated carbocycles. The third-order valence-electron chi connectivity index (χ3n) is 2.91. The molecular weight excluding hydrogens is 198 g/mol.